The summed E-state index contributed by atoms with van der Waals surface area (Å²) in [6.07, 6.45) is 3.81. The molecule has 0 saturated carbocycles. The van der Waals surface area contributed by atoms with Crippen LogP contribution in [0, 0.1) is 13.8 Å². The second kappa shape index (κ2) is 8.24. The maximum Gasteiger partial charge on any atom is 0.0717 e. The summed E-state index contributed by atoms with van der Waals surface area (Å²) in [6.45, 7) is 4.24. The van der Waals surface area contributed by atoms with Gasteiger partial charge in [-0.25, -0.2) is 0 Å². The summed E-state index contributed by atoms with van der Waals surface area (Å²) in [5.41, 5.74) is 9.14. The molecule has 4 aromatic carbocycles. The summed E-state index contributed by atoms with van der Waals surface area (Å²) in [4.78, 5) is 9.60. The van der Waals surface area contributed by atoms with Crippen LogP contribution < -0.4 is 0 Å². The van der Waals surface area contributed by atoms with E-state index < -0.39 is 0 Å². The number of aryl methyl sites for hydroxylation is 2. The average molecular weight is 437 g/mol. The third-order valence-corrected chi connectivity index (χ3v) is 6.47. The van der Waals surface area contributed by atoms with Gasteiger partial charge in [0.05, 0.1) is 11.4 Å². The maximum atomic E-state index is 4.81. The van der Waals surface area contributed by atoms with Gasteiger partial charge in [-0.2, -0.15) is 0 Å². The van der Waals surface area contributed by atoms with E-state index in [0.29, 0.717) is 0 Å². The summed E-state index contributed by atoms with van der Waals surface area (Å²) in [5.74, 6) is 0. The maximum absolute atomic E-state index is 4.81. The fourth-order valence-corrected chi connectivity index (χ4v) is 4.89. The monoisotopic (exact) mass is 436 g/mol. The minimum atomic E-state index is 0.996. The molecule has 0 amide bonds. The first-order chi connectivity index (χ1) is 16.7. The van der Waals surface area contributed by atoms with Crippen molar-refractivity contribution in [2.75, 3.05) is 0 Å². The van der Waals surface area contributed by atoms with Crippen molar-refractivity contribution in [2.24, 2.45) is 0 Å². The Hall–Kier alpha value is -4.30. The van der Waals surface area contributed by atoms with E-state index in [9.17, 15) is 0 Å². The summed E-state index contributed by atoms with van der Waals surface area (Å²) < 4.78 is 0. The van der Waals surface area contributed by atoms with E-state index in [1.165, 1.54) is 54.9 Å². The molecule has 2 aromatic heterocycles. The smallest absolute Gasteiger partial charge is 0.0717 e. The zero-order valence-electron chi connectivity index (χ0n) is 19.3. The summed E-state index contributed by atoms with van der Waals surface area (Å²) in [6, 6.07) is 34.4. The first-order valence-corrected chi connectivity index (χ1v) is 11.6. The van der Waals surface area contributed by atoms with E-state index in [1.54, 1.807) is 0 Å². The van der Waals surface area contributed by atoms with Gasteiger partial charge in [0, 0.05) is 23.5 Å². The van der Waals surface area contributed by atoms with Gasteiger partial charge < -0.3 is 0 Å². The molecule has 0 N–H and O–H groups in total. The lowest BCUT2D eigenvalue weighted by Gasteiger charge is -2.18. The molecule has 0 aliphatic heterocycles. The second-order valence-corrected chi connectivity index (χ2v) is 8.86. The third kappa shape index (κ3) is 3.45. The predicted octanol–water partition coefficient (Wildman–Crippen LogP) is 8.40. The van der Waals surface area contributed by atoms with Gasteiger partial charge in [-0.05, 0) is 88.0 Å². The molecule has 0 saturated heterocycles. The molecule has 0 aliphatic rings. The van der Waals surface area contributed by atoms with E-state index >= 15 is 0 Å². The van der Waals surface area contributed by atoms with Crippen molar-refractivity contribution in [3.05, 3.63) is 121 Å². The van der Waals surface area contributed by atoms with Gasteiger partial charge in [0.15, 0.2) is 0 Å². The molecule has 34 heavy (non-hydrogen) atoms. The van der Waals surface area contributed by atoms with E-state index in [0.717, 1.165) is 11.4 Å². The van der Waals surface area contributed by atoms with Crippen molar-refractivity contribution in [3.63, 3.8) is 0 Å². The molecule has 0 atom stereocenters. The van der Waals surface area contributed by atoms with Crippen LogP contribution in [-0.2, 0) is 0 Å². The average Bonchev–Trinajstić information content (AvgIpc) is 2.87. The molecular formula is C32H24N2. The summed E-state index contributed by atoms with van der Waals surface area (Å²) >= 11 is 0. The Kier molecular flexibility index (Phi) is 4.92. The van der Waals surface area contributed by atoms with Crippen molar-refractivity contribution in [1.29, 1.82) is 0 Å². The second-order valence-electron chi connectivity index (χ2n) is 8.86. The predicted molar refractivity (Wildman–Crippen MR) is 143 cm³/mol. The molecule has 0 radical (unpaired) electrons. The van der Waals surface area contributed by atoms with Crippen LogP contribution in [0.4, 0.5) is 0 Å². The molecule has 2 heterocycles. The van der Waals surface area contributed by atoms with Crippen LogP contribution in [0.2, 0.25) is 0 Å². The molecule has 2 nitrogen and oxygen atoms in total. The largest absolute Gasteiger partial charge is 0.256 e. The minimum absolute atomic E-state index is 0.996. The topological polar surface area (TPSA) is 25.8 Å². The van der Waals surface area contributed by atoms with Crippen molar-refractivity contribution in [1.82, 2.24) is 9.97 Å². The van der Waals surface area contributed by atoms with Crippen molar-refractivity contribution >= 4 is 21.5 Å². The van der Waals surface area contributed by atoms with E-state index in [1.807, 2.05) is 24.5 Å². The van der Waals surface area contributed by atoms with Gasteiger partial charge >= 0.3 is 0 Å². The highest BCUT2D eigenvalue weighted by atomic mass is 14.7. The van der Waals surface area contributed by atoms with Crippen LogP contribution in [0.1, 0.15) is 11.1 Å². The summed E-state index contributed by atoms with van der Waals surface area (Å²) in [7, 11) is 0. The van der Waals surface area contributed by atoms with Gasteiger partial charge in [-0.15, -0.1) is 0 Å². The SMILES string of the molecule is Cc1ccnc(-c2c3ccccc3c(-c3cc(C)ccn3)c3cc(-c4ccccc4)ccc23)c1. The molecule has 0 aliphatic carbocycles. The van der Waals surface area contributed by atoms with Gasteiger partial charge in [-0.3, -0.25) is 9.97 Å². The van der Waals surface area contributed by atoms with Gasteiger partial charge in [0.25, 0.3) is 0 Å². The lowest BCUT2D eigenvalue weighted by molar-refractivity contribution is 1.29. The van der Waals surface area contributed by atoms with Crippen LogP contribution in [-0.4, -0.2) is 9.97 Å². The van der Waals surface area contributed by atoms with Crippen molar-refractivity contribution in [2.45, 2.75) is 13.8 Å². The number of aromatic nitrogens is 2. The zero-order valence-corrected chi connectivity index (χ0v) is 19.3. The molecule has 2 heteroatoms. The first kappa shape index (κ1) is 20.3. The number of hydrogen-bond acceptors (Lipinski definition) is 2. The van der Waals surface area contributed by atoms with Crippen LogP contribution in [0.25, 0.3) is 55.2 Å². The Morgan fingerprint density at radius 1 is 0.441 bits per heavy atom. The van der Waals surface area contributed by atoms with Crippen molar-refractivity contribution < 1.29 is 0 Å². The van der Waals surface area contributed by atoms with Crippen LogP contribution >= 0.6 is 0 Å². The number of nitrogens with zero attached hydrogens (tertiary/aromatic N) is 2. The molecule has 0 bridgehead atoms. The number of fused-ring (bicyclic) bond motifs is 2. The number of hydrogen-bond donors (Lipinski definition) is 0. The van der Waals surface area contributed by atoms with E-state index in [2.05, 4.69) is 98.8 Å². The molecule has 0 spiro atoms. The number of benzene rings is 4. The minimum Gasteiger partial charge on any atom is -0.256 e. The Morgan fingerprint density at radius 3 is 1.56 bits per heavy atom. The molecule has 0 unspecified atom stereocenters. The lowest BCUT2D eigenvalue weighted by atomic mass is 9.87. The third-order valence-electron chi connectivity index (χ3n) is 6.47. The Morgan fingerprint density at radius 2 is 0.971 bits per heavy atom. The quantitative estimate of drug-likeness (QED) is 0.260. The van der Waals surface area contributed by atoms with Crippen LogP contribution in [0.5, 0.6) is 0 Å². The Labute approximate surface area is 199 Å². The zero-order chi connectivity index (χ0) is 23.1. The summed E-state index contributed by atoms with van der Waals surface area (Å²) in [5, 5.41) is 4.77. The Bertz CT molecular complexity index is 1670. The Balaban J connectivity index is 1.80. The number of rotatable bonds is 3. The fraction of sp³-hybridized carbons (Fsp3) is 0.0625. The molecule has 0 fully saturated rings. The van der Waals surface area contributed by atoms with Gasteiger partial charge in [0.2, 0.25) is 0 Å². The van der Waals surface area contributed by atoms with E-state index in [4.69, 9.17) is 9.97 Å². The molecule has 6 aromatic rings. The first-order valence-electron chi connectivity index (χ1n) is 11.6. The highest BCUT2D eigenvalue weighted by Gasteiger charge is 2.18. The standard InChI is InChI=1S/C32H24N2/c1-21-14-16-33-29(18-21)31-25-10-6-7-11-26(25)32(30-19-22(2)15-17-34-30)28-20-24(12-13-27(28)31)23-8-4-3-5-9-23/h3-20H,1-2H3. The lowest BCUT2D eigenvalue weighted by Crippen LogP contribution is -1.94. The van der Waals surface area contributed by atoms with Gasteiger partial charge in [0.1, 0.15) is 0 Å². The highest BCUT2D eigenvalue weighted by molar-refractivity contribution is 6.21. The van der Waals surface area contributed by atoms with Crippen molar-refractivity contribution in [3.8, 4) is 33.6 Å². The van der Waals surface area contributed by atoms with Crippen LogP contribution in [0.15, 0.2) is 109 Å². The molecular weight excluding hydrogens is 412 g/mol. The fourth-order valence-electron chi connectivity index (χ4n) is 4.89. The number of pyridine rings is 2. The normalized spacial score (nSPS) is 11.2. The van der Waals surface area contributed by atoms with E-state index in [-0.39, 0.29) is 0 Å². The highest BCUT2D eigenvalue weighted by Crippen LogP contribution is 2.44. The molecule has 162 valence electrons. The van der Waals surface area contributed by atoms with Gasteiger partial charge in [-0.1, -0.05) is 66.7 Å². The van der Waals surface area contributed by atoms with Crippen LogP contribution in [0.3, 0.4) is 0 Å². The molecule has 6 rings (SSSR count).